The number of hydrogen-bond acceptors (Lipinski definition) is 3. The highest BCUT2D eigenvalue weighted by atomic mass is 16.5. The van der Waals surface area contributed by atoms with Crippen LogP contribution >= 0.6 is 0 Å². The van der Waals surface area contributed by atoms with E-state index < -0.39 is 0 Å². The van der Waals surface area contributed by atoms with Crippen molar-refractivity contribution in [2.75, 3.05) is 7.11 Å². The second-order valence-corrected chi connectivity index (χ2v) is 7.08. The van der Waals surface area contributed by atoms with E-state index in [1.54, 1.807) is 7.11 Å². The molecule has 0 saturated carbocycles. The molecule has 0 fully saturated rings. The Balaban J connectivity index is 1.66. The predicted molar refractivity (Wildman–Crippen MR) is 115 cm³/mol. The van der Waals surface area contributed by atoms with Gasteiger partial charge in [0.2, 0.25) is 5.91 Å². The zero-order valence-electron chi connectivity index (χ0n) is 16.4. The highest BCUT2D eigenvalue weighted by Crippen LogP contribution is 2.20. The standard InChI is InChI=1S/C24H22N2O3/c1-16-7-12-22-20(13-16)24(28)19-5-3-4-6-21(19)26(22)15-23(27)25-14-17-8-10-18(29-2)11-9-17/h3-13H,14-15H2,1-2H3,(H,25,27). The van der Waals surface area contributed by atoms with E-state index in [1.165, 1.54) is 0 Å². The first-order chi connectivity index (χ1) is 14.1. The molecule has 146 valence electrons. The first kappa shape index (κ1) is 18.7. The van der Waals surface area contributed by atoms with Gasteiger partial charge in [-0.2, -0.15) is 0 Å². The van der Waals surface area contributed by atoms with Crippen LogP contribution in [0.2, 0.25) is 0 Å². The first-order valence-corrected chi connectivity index (χ1v) is 9.48. The molecule has 0 bridgehead atoms. The Morgan fingerprint density at radius 3 is 2.45 bits per heavy atom. The van der Waals surface area contributed by atoms with Crippen molar-refractivity contribution >= 4 is 27.7 Å². The van der Waals surface area contributed by atoms with Crippen LogP contribution in [0.1, 0.15) is 11.1 Å². The van der Waals surface area contributed by atoms with Gasteiger partial charge >= 0.3 is 0 Å². The van der Waals surface area contributed by atoms with Crippen LogP contribution in [0.3, 0.4) is 0 Å². The number of para-hydroxylation sites is 1. The summed E-state index contributed by atoms with van der Waals surface area (Å²) in [7, 11) is 1.62. The maximum atomic E-state index is 12.9. The number of benzene rings is 3. The smallest absolute Gasteiger partial charge is 0.240 e. The van der Waals surface area contributed by atoms with Crippen molar-refractivity contribution in [2.24, 2.45) is 0 Å². The van der Waals surface area contributed by atoms with Crippen molar-refractivity contribution in [3.05, 3.63) is 88.1 Å². The molecule has 1 aromatic heterocycles. The number of aryl methyl sites for hydroxylation is 1. The third-order valence-corrected chi connectivity index (χ3v) is 5.08. The number of nitrogens with zero attached hydrogens (tertiary/aromatic N) is 1. The SMILES string of the molecule is COc1ccc(CNC(=O)Cn2c3ccccc3c(=O)c3cc(C)ccc32)cc1. The summed E-state index contributed by atoms with van der Waals surface area (Å²) in [6, 6.07) is 20.8. The van der Waals surface area contributed by atoms with Gasteiger partial charge < -0.3 is 14.6 Å². The lowest BCUT2D eigenvalue weighted by atomic mass is 10.1. The molecule has 5 nitrogen and oxygen atoms in total. The zero-order chi connectivity index (χ0) is 20.4. The molecule has 29 heavy (non-hydrogen) atoms. The molecule has 1 N–H and O–H groups in total. The van der Waals surface area contributed by atoms with Gasteiger partial charge in [0.25, 0.3) is 0 Å². The Kier molecular flexibility index (Phi) is 5.04. The highest BCUT2D eigenvalue weighted by molar-refractivity contribution is 5.95. The molecule has 0 aliphatic carbocycles. The van der Waals surface area contributed by atoms with Crippen molar-refractivity contribution in [1.29, 1.82) is 0 Å². The van der Waals surface area contributed by atoms with Gasteiger partial charge in [-0.05, 0) is 48.9 Å². The fraction of sp³-hybridized carbons (Fsp3) is 0.167. The number of carbonyl (C=O) groups excluding carboxylic acids is 1. The molecule has 0 unspecified atom stereocenters. The molecule has 0 radical (unpaired) electrons. The number of hydrogen-bond donors (Lipinski definition) is 1. The maximum Gasteiger partial charge on any atom is 0.240 e. The van der Waals surface area contributed by atoms with Gasteiger partial charge in [-0.15, -0.1) is 0 Å². The van der Waals surface area contributed by atoms with E-state index in [0.29, 0.717) is 17.3 Å². The third-order valence-electron chi connectivity index (χ3n) is 5.08. The number of fused-ring (bicyclic) bond motifs is 2. The second kappa shape index (κ2) is 7.80. The van der Waals surface area contributed by atoms with Crippen LogP contribution in [-0.4, -0.2) is 17.6 Å². The molecular formula is C24H22N2O3. The summed E-state index contributed by atoms with van der Waals surface area (Å²) in [4.78, 5) is 25.6. The molecule has 0 atom stereocenters. The topological polar surface area (TPSA) is 60.3 Å². The summed E-state index contributed by atoms with van der Waals surface area (Å²) in [6.45, 7) is 2.52. The molecule has 0 spiro atoms. The number of methoxy groups -OCH3 is 1. The number of rotatable bonds is 5. The van der Waals surface area contributed by atoms with Gasteiger partial charge in [0.1, 0.15) is 12.3 Å². The number of pyridine rings is 1. The minimum absolute atomic E-state index is 0.00538. The van der Waals surface area contributed by atoms with Crippen molar-refractivity contribution in [2.45, 2.75) is 20.0 Å². The molecule has 4 aromatic rings. The van der Waals surface area contributed by atoms with Gasteiger partial charge in [0, 0.05) is 17.3 Å². The average molecular weight is 386 g/mol. The van der Waals surface area contributed by atoms with Gasteiger partial charge in [0.05, 0.1) is 18.1 Å². The van der Waals surface area contributed by atoms with E-state index in [9.17, 15) is 9.59 Å². The molecular weight excluding hydrogens is 364 g/mol. The molecule has 5 heteroatoms. The van der Waals surface area contributed by atoms with Crippen molar-refractivity contribution in [1.82, 2.24) is 9.88 Å². The second-order valence-electron chi connectivity index (χ2n) is 7.08. The summed E-state index contributed by atoms with van der Waals surface area (Å²) in [5.74, 6) is 0.665. The summed E-state index contributed by atoms with van der Waals surface area (Å²) >= 11 is 0. The van der Waals surface area contributed by atoms with Crippen molar-refractivity contribution < 1.29 is 9.53 Å². The third kappa shape index (κ3) is 3.72. The minimum Gasteiger partial charge on any atom is -0.497 e. The van der Waals surface area contributed by atoms with Crippen LogP contribution in [0, 0.1) is 6.92 Å². The van der Waals surface area contributed by atoms with E-state index in [2.05, 4.69) is 5.32 Å². The fourth-order valence-electron chi connectivity index (χ4n) is 3.56. The van der Waals surface area contributed by atoms with E-state index in [4.69, 9.17) is 4.74 Å². The van der Waals surface area contributed by atoms with Gasteiger partial charge in [-0.1, -0.05) is 35.9 Å². The Morgan fingerprint density at radius 1 is 0.966 bits per heavy atom. The molecule has 0 saturated heterocycles. The van der Waals surface area contributed by atoms with E-state index in [0.717, 1.165) is 27.9 Å². The molecule has 0 aliphatic heterocycles. The number of nitrogens with one attached hydrogen (secondary N) is 1. The van der Waals surface area contributed by atoms with E-state index >= 15 is 0 Å². The molecule has 0 aliphatic rings. The van der Waals surface area contributed by atoms with Crippen molar-refractivity contribution in [3.63, 3.8) is 0 Å². The zero-order valence-corrected chi connectivity index (χ0v) is 16.4. The number of amides is 1. The molecule has 1 heterocycles. The van der Waals surface area contributed by atoms with E-state index in [-0.39, 0.29) is 17.9 Å². The predicted octanol–water partition coefficient (Wildman–Crippen LogP) is 3.79. The summed E-state index contributed by atoms with van der Waals surface area (Å²) in [5.41, 5.74) is 3.52. The summed E-state index contributed by atoms with van der Waals surface area (Å²) in [6.07, 6.45) is 0. The average Bonchev–Trinajstić information content (AvgIpc) is 2.75. The Hall–Kier alpha value is -3.60. The quantitative estimate of drug-likeness (QED) is 0.531. The first-order valence-electron chi connectivity index (χ1n) is 9.48. The molecule has 4 rings (SSSR count). The Labute approximate surface area is 168 Å². The summed E-state index contributed by atoms with van der Waals surface area (Å²) < 4.78 is 7.07. The van der Waals surface area contributed by atoms with Crippen LogP contribution in [0.4, 0.5) is 0 Å². The summed E-state index contributed by atoms with van der Waals surface area (Å²) in [5, 5.41) is 4.21. The lowest BCUT2D eigenvalue weighted by Gasteiger charge is -2.15. The normalized spacial score (nSPS) is 11.0. The number of carbonyl (C=O) groups is 1. The van der Waals surface area contributed by atoms with Gasteiger partial charge in [0.15, 0.2) is 5.43 Å². The number of ether oxygens (including phenoxy) is 1. The lowest BCUT2D eigenvalue weighted by molar-refractivity contribution is -0.121. The van der Waals surface area contributed by atoms with Crippen LogP contribution in [0.5, 0.6) is 5.75 Å². The van der Waals surface area contributed by atoms with E-state index in [1.807, 2.05) is 78.2 Å². The minimum atomic E-state index is -0.114. The van der Waals surface area contributed by atoms with Crippen molar-refractivity contribution in [3.8, 4) is 5.75 Å². The Bertz CT molecular complexity index is 1260. The van der Waals surface area contributed by atoms with Gasteiger partial charge in [-0.3, -0.25) is 9.59 Å². The Morgan fingerprint density at radius 2 is 1.69 bits per heavy atom. The van der Waals surface area contributed by atoms with Crippen LogP contribution in [0.25, 0.3) is 21.8 Å². The largest absolute Gasteiger partial charge is 0.497 e. The molecule has 3 aromatic carbocycles. The van der Waals surface area contributed by atoms with Gasteiger partial charge in [-0.25, -0.2) is 0 Å². The van der Waals surface area contributed by atoms with Crippen LogP contribution in [0.15, 0.2) is 71.5 Å². The number of aromatic nitrogens is 1. The maximum absolute atomic E-state index is 12.9. The fourth-order valence-corrected chi connectivity index (χ4v) is 3.56. The monoisotopic (exact) mass is 386 g/mol. The lowest BCUT2D eigenvalue weighted by Crippen LogP contribution is -2.28. The molecule has 1 amide bonds. The van der Waals surface area contributed by atoms with Crippen LogP contribution in [-0.2, 0) is 17.9 Å². The highest BCUT2D eigenvalue weighted by Gasteiger charge is 2.13. The van der Waals surface area contributed by atoms with Crippen LogP contribution < -0.4 is 15.5 Å².